The van der Waals surface area contributed by atoms with E-state index in [2.05, 4.69) is 10.3 Å². The molecule has 0 aliphatic heterocycles. The van der Waals surface area contributed by atoms with E-state index in [1.165, 1.54) is 6.20 Å². The van der Waals surface area contributed by atoms with E-state index in [1.54, 1.807) is 24.3 Å². The zero-order chi connectivity index (χ0) is 15.2. The van der Waals surface area contributed by atoms with E-state index in [0.717, 1.165) is 5.56 Å². The number of benzene rings is 1. The first-order valence-corrected chi connectivity index (χ1v) is 6.52. The Hall–Kier alpha value is -2.58. The van der Waals surface area contributed by atoms with Gasteiger partial charge in [-0.25, -0.2) is 4.98 Å². The van der Waals surface area contributed by atoms with Gasteiger partial charge in [0.05, 0.1) is 10.6 Å². The minimum absolute atomic E-state index is 0.205. The zero-order valence-electron chi connectivity index (χ0n) is 11.3. The van der Waals surface area contributed by atoms with Gasteiger partial charge in [0.15, 0.2) is 6.61 Å². The van der Waals surface area contributed by atoms with Gasteiger partial charge in [0.2, 0.25) is 0 Å². The number of carbonyl (C=O) groups excluding carboxylic acids is 1. The fraction of sp³-hybridized carbons (Fsp3) is 0.133. The second-order valence-electron chi connectivity index (χ2n) is 4.26. The first-order valence-electron chi connectivity index (χ1n) is 6.14. The van der Waals surface area contributed by atoms with Crippen LogP contribution in [0.25, 0.3) is 0 Å². The van der Waals surface area contributed by atoms with E-state index in [1.807, 2.05) is 19.1 Å². The number of pyridine rings is 1. The molecule has 0 radical (unpaired) electrons. The number of amides is 1. The molecule has 0 aliphatic carbocycles. The van der Waals surface area contributed by atoms with Crippen molar-refractivity contribution >= 4 is 23.3 Å². The zero-order valence-corrected chi connectivity index (χ0v) is 12.0. The Balaban J connectivity index is 1.99. The lowest BCUT2D eigenvalue weighted by Gasteiger charge is -2.10. The predicted octanol–water partition coefficient (Wildman–Crippen LogP) is 2.93. The molecule has 0 unspecified atom stereocenters. The molecule has 6 heteroatoms. The van der Waals surface area contributed by atoms with Gasteiger partial charge in [0.25, 0.3) is 5.91 Å². The molecule has 1 N–H and O–H groups in total. The summed E-state index contributed by atoms with van der Waals surface area (Å²) in [6.07, 6.45) is 1.44. The first kappa shape index (κ1) is 14.8. The topological polar surface area (TPSA) is 75.0 Å². The highest BCUT2D eigenvalue weighted by Gasteiger charge is 2.10. The van der Waals surface area contributed by atoms with Gasteiger partial charge in [-0.2, -0.15) is 5.26 Å². The maximum Gasteiger partial charge on any atom is 0.263 e. The van der Waals surface area contributed by atoms with Crippen LogP contribution in [0.1, 0.15) is 11.1 Å². The number of aryl methyl sites for hydroxylation is 1. The highest BCUT2D eigenvalue weighted by molar-refractivity contribution is 6.30. The van der Waals surface area contributed by atoms with Crippen LogP contribution in [0, 0.1) is 18.3 Å². The molecule has 1 aromatic carbocycles. The normalized spacial score (nSPS) is 9.76. The summed E-state index contributed by atoms with van der Waals surface area (Å²) in [6, 6.07) is 10.5. The van der Waals surface area contributed by atoms with Crippen molar-refractivity contribution in [3.8, 4) is 11.8 Å². The van der Waals surface area contributed by atoms with Gasteiger partial charge in [0.1, 0.15) is 17.6 Å². The Labute approximate surface area is 127 Å². The second kappa shape index (κ2) is 6.73. The van der Waals surface area contributed by atoms with Gasteiger partial charge in [-0.05, 0) is 30.7 Å². The van der Waals surface area contributed by atoms with Crippen LogP contribution in [0.15, 0.2) is 36.5 Å². The Bertz CT molecular complexity index is 693. The lowest BCUT2D eigenvalue weighted by atomic mass is 10.1. The lowest BCUT2D eigenvalue weighted by Crippen LogP contribution is -2.21. The molecule has 0 bridgehead atoms. The molecule has 21 heavy (non-hydrogen) atoms. The number of hydrogen-bond acceptors (Lipinski definition) is 4. The van der Waals surface area contributed by atoms with E-state index >= 15 is 0 Å². The summed E-state index contributed by atoms with van der Waals surface area (Å²) in [4.78, 5) is 15.7. The first-order chi connectivity index (χ1) is 10.1. The summed E-state index contributed by atoms with van der Waals surface area (Å²) in [5.74, 6) is 0.439. The molecule has 0 fully saturated rings. The Morgan fingerprint density at radius 3 is 2.90 bits per heavy atom. The molecule has 0 saturated carbocycles. The van der Waals surface area contributed by atoms with Crippen LogP contribution in [0.5, 0.6) is 5.75 Å². The molecule has 106 valence electrons. The number of carbonyl (C=O) groups is 1. The smallest absolute Gasteiger partial charge is 0.263 e. The molecule has 5 nitrogen and oxygen atoms in total. The number of ether oxygens (including phenoxy) is 1. The molecule has 2 rings (SSSR count). The fourth-order valence-corrected chi connectivity index (χ4v) is 1.81. The SMILES string of the molecule is Cc1cccc(C#N)c1OCC(=O)Nc1ccc(Cl)cn1. The van der Waals surface area contributed by atoms with Gasteiger partial charge < -0.3 is 10.1 Å². The van der Waals surface area contributed by atoms with Crippen molar-refractivity contribution in [2.75, 3.05) is 11.9 Å². The Morgan fingerprint density at radius 2 is 2.24 bits per heavy atom. The van der Waals surface area contributed by atoms with Crippen molar-refractivity contribution in [1.82, 2.24) is 4.98 Å². The van der Waals surface area contributed by atoms with Crippen molar-refractivity contribution in [2.24, 2.45) is 0 Å². The Kier molecular flexibility index (Phi) is 4.75. The molecule has 1 aromatic heterocycles. The number of hydrogen-bond donors (Lipinski definition) is 1. The molecule has 1 heterocycles. The van der Waals surface area contributed by atoms with Crippen molar-refractivity contribution in [3.63, 3.8) is 0 Å². The highest BCUT2D eigenvalue weighted by atomic mass is 35.5. The third kappa shape index (κ3) is 3.94. The van der Waals surface area contributed by atoms with E-state index in [9.17, 15) is 4.79 Å². The average molecular weight is 302 g/mol. The predicted molar refractivity (Wildman–Crippen MR) is 79.3 cm³/mol. The summed E-state index contributed by atoms with van der Waals surface area (Å²) in [6.45, 7) is 1.61. The average Bonchev–Trinajstić information content (AvgIpc) is 2.48. The minimum Gasteiger partial charge on any atom is -0.482 e. The minimum atomic E-state index is -0.364. The molecule has 0 spiro atoms. The molecule has 0 aliphatic rings. The summed E-state index contributed by atoms with van der Waals surface area (Å²) in [5.41, 5.74) is 1.19. The molecule has 2 aromatic rings. The van der Waals surface area contributed by atoms with Crippen LogP contribution >= 0.6 is 11.6 Å². The molecule has 0 atom stereocenters. The highest BCUT2D eigenvalue weighted by Crippen LogP contribution is 2.22. The molecular formula is C15H12ClN3O2. The van der Waals surface area contributed by atoms with Crippen molar-refractivity contribution < 1.29 is 9.53 Å². The van der Waals surface area contributed by atoms with Crippen molar-refractivity contribution in [1.29, 1.82) is 5.26 Å². The number of anilines is 1. The van der Waals surface area contributed by atoms with Gasteiger partial charge in [-0.3, -0.25) is 4.79 Å². The largest absolute Gasteiger partial charge is 0.482 e. The monoisotopic (exact) mass is 301 g/mol. The Morgan fingerprint density at radius 1 is 1.43 bits per heavy atom. The maximum atomic E-state index is 11.8. The number of nitrogens with zero attached hydrogens (tertiary/aromatic N) is 2. The van der Waals surface area contributed by atoms with Crippen LogP contribution < -0.4 is 10.1 Å². The van der Waals surface area contributed by atoms with Crippen molar-refractivity contribution in [2.45, 2.75) is 6.92 Å². The number of aromatic nitrogens is 1. The van der Waals surface area contributed by atoms with E-state index in [-0.39, 0.29) is 12.5 Å². The number of para-hydroxylation sites is 1. The van der Waals surface area contributed by atoms with Crippen LogP contribution in [0.2, 0.25) is 5.02 Å². The van der Waals surface area contributed by atoms with Crippen molar-refractivity contribution in [3.05, 3.63) is 52.7 Å². The number of halogens is 1. The van der Waals surface area contributed by atoms with Crippen LogP contribution in [0.3, 0.4) is 0 Å². The second-order valence-corrected chi connectivity index (χ2v) is 4.70. The van der Waals surface area contributed by atoms with Crippen LogP contribution in [-0.4, -0.2) is 17.5 Å². The molecular weight excluding hydrogens is 290 g/mol. The molecule has 1 amide bonds. The number of nitriles is 1. The summed E-state index contributed by atoms with van der Waals surface area (Å²) >= 11 is 5.71. The number of rotatable bonds is 4. The van der Waals surface area contributed by atoms with E-state index < -0.39 is 0 Å². The van der Waals surface area contributed by atoms with Crippen LogP contribution in [0.4, 0.5) is 5.82 Å². The summed E-state index contributed by atoms with van der Waals surface area (Å²) in [5, 5.41) is 12.1. The standard InChI is InChI=1S/C15H12ClN3O2/c1-10-3-2-4-11(7-17)15(10)21-9-14(20)19-13-6-5-12(16)8-18-13/h2-6,8H,9H2,1H3,(H,18,19,20). The number of nitrogens with one attached hydrogen (secondary N) is 1. The van der Waals surface area contributed by atoms with E-state index in [0.29, 0.717) is 22.2 Å². The van der Waals surface area contributed by atoms with Gasteiger partial charge >= 0.3 is 0 Å². The third-order valence-corrected chi connectivity index (χ3v) is 2.90. The van der Waals surface area contributed by atoms with Gasteiger partial charge in [0, 0.05) is 6.20 Å². The van der Waals surface area contributed by atoms with E-state index in [4.69, 9.17) is 21.6 Å². The van der Waals surface area contributed by atoms with Gasteiger partial charge in [-0.15, -0.1) is 0 Å². The fourth-order valence-electron chi connectivity index (χ4n) is 1.70. The molecule has 0 saturated heterocycles. The lowest BCUT2D eigenvalue weighted by molar-refractivity contribution is -0.118. The third-order valence-electron chi connectivity index (χ3n) is 2.67. The van der Waals surface area contributed by atoms with Gasteiger partial charge in [-0.1, -0.05) is 23.7 Å². The maximum absolute atomic E-state index is 11.8. The van der Waals surface area contributed by atoms with Crippen LogP contribution in [-0.2, 0) is 4.79 Å². The quantitative estimate of drug-likeness (QED) is 0.942. The summed E-state index contributed by atoms with van der Waals surface area (Å²) in [7, 11) is 0. The summed E-state index contributed by atoms with van der Waals surface area (Å²) < 4.78 is 5.43.